The summed E-state index contributed by atoms with van der Waals surface area (Å²) in [5.41, 5.74) is 2.31. The summed E-state index contributed by atoms with van der Waals surface area (Å²) in [4.78, 5) is 6.81. The van der Waals surface area contributed by atoms with Crippen molar-refractivity contribution in [3.05, 3.63) is 48.3 Å². The van der Waals surface area contributed by atoms with Crippen LogP contribution in [0.2, 0.25) is 0 Å². The van der Waals surface area contributed by atoms with Crippen molar-refractivity contribution in [2.24, 2.45) is 10.9 Å². The van der Waals surface area contributed by atoms with Gasteiger partial charge in [0, 0.05) is 39.1 Å². The monoisotopic (exact) mass is 439 g/mol. The summed E-state index contributed by atoms with van der Waals surface area (Å²) in [5, 5.41) is 7.78. The highest BCUT2D eigenvalue weighted by atomic mass is 127. The molecule has 0 amide bonds. The minimum Gasteiger partial charge on any atom is -0.352 e. The van der Waals surface area contributed by atoms with Crippen molar-refractivity contribution in [2.75, 3.05) is 20.1 Å². The highest BCUT2D eigenvalue weighted by Gasteiger charge is 2.18. The number of aromatic nitrogens is 2. The lowest BCUT2D eigenvalue weighted by atomic mass is 10.0. The fraction of sp³-hybridized carbons (Fsp3) is 0.444. The number of guanidine groups is 1. The van der Waals surface area contributed by atoms with Crippen LogP contribution in [-0.4, -0.2) is 40.8 Å². The number of halogens is 1. The van der Waals surface area contributed by atoms with Crippen molar-refractivity contribution < 1.29 is 0 Å². The van der Waals surface area contributed by atoms with Gasteiger partial charge in [-0.25, -0.2) is 4.68 Å². The Kier molecular flexibility index (Phi) is 7.08. The number of benzene rings is 1. The van der Waals surface area contributed by atoms with Crippen LogP contribution in [0, 0.1) is 5.92 Å². The molecule has 130 valence electrons. The molecule has 24 heavy (non-hydrogen) atoms. The van der Waals surface area contributed by atoms with Gasteiger partial charge in [-0.3, -0.25) is 4.99 Å². The van der Waals surface area contributed by atoms with E-state index in [0.717, 1.165) is 37.2 Å². The Hall–Kier alpha value is -1.57. The molecule has 1 saturated heterocycles. The van der Waals surface area contributed by atoms with Gasteiger partial charge in [0.05, 0.1) is 5.69 Å². The largest absolute Gasteiger partial charge is 0.352 e. The molecule has 0 spiro atoms. The van der Waals surface area contributed by atoms with Crippen LogP contribution in [0.15, 0.2) is 47.7 Å². The van der Waals surface area contributed by atoms with E-state index >= 15 is 0 Å². The number of aliphatic imine (C=N–C) groups is 1. The topological polar surface area (TPSA) is 45.5 Å². The standard InChI is InChI=1S/C18H25N5.HI/c1-15-6-4-10-22(14-15)18(19-2)20-13-16-7-3-8-17(12-16)23-11-5-9-21-23;/h3,5,7-9,11-12,15H,4,6,10,13-14H2,1-2H3,(H,19,20);1H. The van der Waals surface area contributed by atoms with E-state index in [1.165, 1.54) is 18.4 Å². The van der Waals surface area contributed by atoms with Crippen molar-refractivity contribution in [1.82, 2.24) is 20.0 Å². The van der Waals surface area contributed by atoms with E-state index < -0.39 is 0 Å². The van der Waals surface area contributed by atoms with E-state index in [0.29, 0.717) is 0 Å². The van der Waals surface area contributed by atoms with Crippen molar-refractivity contribution in [2.45, 2.75) is 26.3 Å². The molecule has 0 aliphatic carbocycles. The number of hydrogen-bond acceptors (Lipinski definition) is 2. The zero-order valence-electron chi connectivity index (χ0n) is 14.4. The fourth-order valence-corrected chi connectivity index (χ4v) is 3.13. The first-order valence-electron chi connectivity index (χ1n) is 8.31. The summed E-state index contributed by atoms with van der Waals surface area (Å²) in [6, 6.07) is 10.4. The predicted molar refractivity (Wildman–Crippen MR) is 109 cm³/mol. The number of hydrogen-bond donors (Lipinski definition) is 1. The highest BCUT2D eigenvalue weighted by molar-refractivity contribution is 14.0. The summed E-state index contributed by atoms with van der Waals surface area (Å²) in [7, 11) is 1.86. The van der Waals surface area contributed by atoms with Gasteiger partial charge in [0.2, 0.25) is 0 Å². The molecule has 3 rings (SSSR count). The Balaban J connectivity index is 0.00000208. The van der Waals surface area contributed by atoms with Crippen molar-refractivity contribution in [3.8, 4) is 5.69 Å². The number of piperidine rings is 1. The second-order valence-electron chi connectivity index (χ2n) is 6.21. The highest BCUT2D eigenvalue weighted by Crippen LogP contribution is 2.15. The summed E-state index contributed by atoms with van der Waals surface area (Å²) in [6.45, 7) is 5.27. The summed E-state index contributed by atoms with van der Waals surface area (Å²) >= 11 is 0. The molecule has 6 heteroatoms. The van der Waals surface area contributed by atoms with Gasteiger partial charge in [0.25, 0.3) is 0 Å². The van der Waals surface area contributed by atoms with Crippen LogP contribution in [-0.2, 0) is 6.54 Å². The third-order valence-corrected chi connectivity index (χ3v) is 4.30. The maximum atomic E-state index is 4.45. The molecular formula is C18H26IN5. The van der Waals surface area contributed by atoms with Gasteiger partial charge in [-0.05, 0) is 42.5 Å². The van der Waals surface area contributed by atoms with Gasteiger partial charge < -0.3 is 10.2 Å². The van der Waals surface area contributed by atoms with Gasteiger partial charge in [-0.2, -0.15) is 5.10 Å². The zero-order valence-corrected chi connectivity index (χ0v) is 16.7. The van der Waals surface area contributed by atoms with Crippen molar-refractivity contribution >= 4 is 29.9 Å². The normalized spacial score (nSPS) is 18.2. The third-order valence-electron chi connectivity index (χ3n) is 4.30. The summed E-state index contributed by atoms with van der Waals surface area (Å²) in [6.07, 6.45) is 6.32. The average Bonchev–Trinajstić information content (AvgIpc) is 3.10. The first-order chi connectivity index (χ1) is 11.3. The van der Waals surface area contributed by atoms with Crippen LogP contribution in [0.3, 0.4) is 0 Å². The summed E-state index contributed by atoms with van der Waals surface area (Å²) < 4.78 is 1.88. The van der Waals surface area contributed by atoms with E-state index in [-0.39, 0.29) is 24.0 Å². The van der Waals surface area contributed by atoms with Crippen LogP contribution in [0.4, 0.5) is 0 Å². The number of nitrogens with one attached hydrogen (secondary N) is 1. The lowest BCUT2D eigenvalue weighted by Crippen LogP contribution is -2.45. The first kappa shape index (κ1) is 18.8. The Morgan fingerprint density at radius 2 is 2.25 bits per heavy atom. The molecule has 1 aromatic carbocycles. The van der Waals surface area contributed by atoms with Gasteiger partial charge >= 0.3 is 0 Å². The number of likely N-dealkylation sites (tertiary alicyclic amines) is 1. The van der Waals surface area contributed by atoms with Crippen LogP contribution in [0.25, 0.3) is 5.69 Å². The molecule has 1 atom stereocenters. The molecular weight excluding hydrogens is 413 g/mol. The second kappa shape index (κ2) is 9.05. The van der Waals surface area contributed by atoms with Gasteiger partial charge in [-0.1, -0.05) is 19.1 Å². The average molecular weight is 439 g/mol. The van der Waals surface area contributed by atoms with Crippen molar-refractivity contribution in [1.29, 1.82) is 0 Å². The molecule has 1 N–H and O–H groups in total. The Morgan fingerprint density at radius 3 is 2.96 bits per heavy atom. The van der Waals surface area contributed by atoms with Crippen LogP contribution in [0.5, 0.6) is 0 Å². The van der Waals surface area contributed by atoms with E-state index in [9.17, 15) is 0 Å². The Morgan fingerprint density at radius 1 is 1.38 bits per heavy atom. The minimum absolute atomic E-state index is 0. The van der Waals surface area contributed by atoms with Crippen LogP contribution < -0.4 is 5.32 Å². The quantitative estimate of drug-likeness (QED) is 0.454. The third kappa shape index (κ3) is 4.72. The lowest BCUT2D eigenvalue weighted by Gasteiger charge is -2.33. The molecule has 0 saturated carbocycles. The molecule has 0 radical (unpaired) electrons. The molecule has 0 bridgehead atoms. The maximum Gasteiger partial charge on any atom is 0.193 e. The smallest absolute Gasteiger partial charge is 0.193 e. The Labute approximate surface area is 161 Å². The minimum atomic E-state index is 0. The molecule has 2 heterocycles. The number of nitrogens with zero attached hydrogens (tertiary/aromatic N) is 4. The predicted octanol–water partition coefficient (Wildman–Crippen LogP) is 3.30. The molecule has 1 aromatic heterocycles. The molecule has 1 aliphatic heterocycles. The fourth-order valence-electron chi connectivity index (χ4n) is 3.13. The SMILES string of the molecule is CN=C(NCc1cccc(-n2cccn2)c1)N1CCCC(C)C1.I. The van der Waals surface area contributed by atoms with E-state index in [4.69, 9.17) is 0 Å². The molecule has 5 nitrogen and oxygen atoms in total. The van der Waals surface area contributed by atoms with Gasteiger partial charge in [0.1, 0.15) is 0 Å². The first-order valence-corrected chi connectivity index (χ1v) is 8.31. The summed E-state index contributed by atoms with van der Waals surface area (Å²) in [5.74, 6) is 1.74. The van der Waals surface area contributed by atoms with E-state index in [2.05, 4.69) is 51.5 Å². The van der Waals surface area contributed by atoms with E-state index in [1.54, 1.807) is 6.20 Å². The maximum absolute atomic E-state index is 4.45. The van der Waals surface area contributed by atoms with Crippen LogP contribution >= 0.6 is 24.0 Å². The molecule has 1 unspecified atom stereocenters. The van der Waals surface area contributed by atoms with E-state index in [1.807, 2.05) is 24.0 Å². The molecule has 2 aromatic rings. The molecule has 1 aliphatic rings. The van der Waals surface area contributed by atoms with Crippen LogP contribution in [0.1, 0.15) is 25.3 Å². The zero-order chi connectivity index (χ0) is 16.1. The van der Waals surface area contributed by atoms with Gasteiger partial charge in [-0.15, -0.1) is 24.0 Å². The second-order valence-corrected chi connectivity index (χ2v) is 6.21. The molecule has 1 fully saturated rings. The Bertz CT molecular complexity index is 653. The van der Waals surface area contributed by atoms with Crippen molar-refractivity contribution in [3.63, 3.8) is 0 Å². The number of rotatable bonds is 3. The van der Waals surface area contributed by atoms with Gasteiger partial charge in [0.15, 0.2) is 5.96 Å². The lowest BCUT2D eigenvalue weighted by molar-refractivity contribution is 0.266.